The smallest absolute Gasteiger partial charge is 0.339 e. The van der Waals surface area contributed by atoms with E-state index in [2.05, 4.69) is 24.9 Å². The number of carbonyl (C=O) groups is 6. The summed E-state index contributed by atoms with van der Waals surface area (Å²) in [6.45, 7) is 38.1. The Balaban J connectivity index is 0.000000302. The molecule has 5 amide bonds. The van der Waals surface area contributed by atoms with Crippen LogP contribution in [0.25, 0.3) is 0 Å². The lowest BCUT2D eigenvalue weighted by atomic mass is 10.1. The number of carboxylic acid groups (broad SMARTS) is 1. The van der Waals surface area contributed by atoms with E-state index in [4.69, 9.17) is 40.4 Å². The maximum atomic E-state index is 13.7. The van der Waals surface area contributed by atoms with Gasteiger partial charge in [0.1, 0.15) is 87.6 Å². The summed E-state index contributed by atoms with van der Waals surface area (Å²) < 4.78 is 107. The topological polar surface area (TPSA) is 294 Å². The van der Waals surface area contributed by atoms with Crippen molar-refractivity contribution >= 4 is 47.1 Å². The minimum atomic E-state index is -1.20. The van der Waals surface area contributed by atoms with Crippen molar-refractivity contribution in [2.75, 3.05) is 14.2 Å². The molecule has 0 radical (unpaired) electrons. The molecule has 0 aliphatic rings. The van der Waals surface area contributed by atoms with E-state index in [0.29, 0.717) is 11.5 Å². The highest BCUT2D eigenvalue weighted by Gasteiger charge is 2.31. The zero-order valence-electron chi connectivity index (χ0n) is 70.2. The number of carbonyl (C=O) groups excluding carboxylic acids is 5. The van der Waals surface area contributed by atoms with E-state index in [1.807, 2.05) is 138 Å². The van der Waals surface area contributed by atoms with Gasteiger partial charge in [-0.2, -0.15) is 0 Å². The summed E-state index contributed by atoms with van der Waals surface area (Å²) in [5, 5.41) is 27.7. The average molecular weight is 1670 g/mol. The Kier molecular flexibility index (Phi) is 38.7. The van der Waals surface area contributed by atoms with Crippen LogP contribution in [0.3, 0.4) is 0 Å². The fraction of sp³-hybridized carbons (Fsp3) is 0.372. The second-order valence-electron chi connectivity index (χ2n) is 28.9. The lowest BCUT2D eigenvalue weighted by Crippen LogP contribution is -2.42. The van der Waals surface area contributed by atoms with E-state index in [9.17, 15) is 65.4 Å². The summed E-state index contributed by atoms with van der Waals surface area (Å²) in [6, 6.07) is 22.0. The molecule has 9 aromatic rings. The molecule has 636 valence electrons. The number of rotatable bonds is 24. The van der Waals surface area contributed by atoms with Crippen LogP contribution in [0.15, 0.2) is 159 Å². The Morgan fingerprint density at radius 2 is 0.627 bits per heavy atom. The molecule has 0 atom stereocenters. The van der Waals surface area contributed by atoms with Crippen LogP contribution < -0.4 is 28.4 Å². The number of hydrogen-bond donors (Lipinski definition) is 3. The number of aromatic hydroxyl groups is 1. The number of halogens is 7. The van der Waals surface area contributed by atoms with Crippen molar-refractivity contribution in [2.45, 2.75) is 199 Å². The number of nitrogens with zero attached hydrogens (tertiary/aromatic N) is 11. The molecule has 0 aliphatic heterocycles. The van der Waals surface area contributed by atoms with Crippen molar-refractivity contribution in [3.05, 3.63) is 233 Å². The lowest BCUT2D eigenvalue weighted by Gasteiger charge is -2.31. The monoisotopic (exact) mass is 1660 g/mol. The van der Waals surface area contributed by atoms with Crippen molar-refractivity contribution in [1.82, 2.24) is 49.4 Å². The van der Waals surface area contributed by atoms with E-state index in [0.717, 1.165) is 41.1 Å². The van der Waals surface area contributed by atoms with E-state index in [-0.39, 0.29) is 169 Å². The van der Waals surface area contributed by atoms with Crippen LogP contribution in [0.4, 0.5) is 26.3 Å². The predicted molar refractivity (Wildman–Crippen MR) is 433 cm³/mol. The second kappa shape index (κ2) is 46.6. The number of amides is 5. The molecule has 6 aromatic carbocycles. The third-order valence-corrected chi connectivity index (χ3v) is 17.0. The first kappa shape index (κ1) is 98.2. The first-order valence-corrected chi connectivity index (χ1v) is 38.0. The molecule has 3 N–H and O–H groups in total. The Hall–Kier alpha value is -12.2. The quantitative estimate of drug-likeness (QED) is 0.0219. The van der Waals surface area contributed by atoms with Crippen molar-refractivity contribution < 1.29 is 98.9 Å². The van der Waals surface area contributed by atoms with Gasteiger partial charge in [0.2, 0.25) is 5.75 Å². The van der Waals surface area contributed by atoms with Gasteiger partial charge in [-0.25, -0.2) is 51.1 Å². The molecule has 0 unspecified atom stereocenters. The number of aromatic carboxylic acids is 1. The fourth-order valence-corrected chi connectivity index (χ4v) is 12.3. The average Bonchev–Trinajstić information content (AvgIpc) is 0.818. The minimum absolute atomic E-state index is 0.00685. The maximum Gasteiger partial charge on any atom is 0.339 e. The summed E-state index contributed by atoms with van der Waals surface area (Å²) in [5.74, 6) is -3.95. The van der Waals surface area contributed by atoms with Crippen LogP contribution >= 0.6 is 11.6 Å². The number of ether oxygens (including phenoxy) is 5. The summed E-state index contributed by atoms with van der Waals surface area (Å²) in [5.41, 5.74) is 0.518. The molecule has 3 heterocycles. The van der Waals surface area contributed by atoms with Crippen LogP contribution in [0.5, 0.6) is 51.7 Å². The largest absolute Gasteiger partial charge is 0.507 e. The van der Waals surface area contributed by atoms with Crippen molar-refractivity contribution in [3.63, 3.8) is 0 Å². The molecule has 118 heavy (non-hydrogen) atoms. The van der Waals surface area contributed by atoms with Gasteiger partial charge in [-0.15, -0.1) is 0 Å². The highest BCUT2D eigenvalue weighted by atomic mass is 35.5. The molecule has 32 heteroatoms. The van der Waals surface area contributed by atoms with E-state index >= 15 is 0 Å². The number of aromatic nitrogens is 6. The van der Waals surface area contributed by atoms with Crippen LogP contribution in [0, 0.1) is 34.9 Å². The van der Waals surface area contributed by atoms with Gasteiger partial charge in [0, 0.05) is 60.4 Å². The summed E-state index contributed by atoms with van der Waals surface area (Å²) in [6.07, 6.45) is 10.9. The van der Waals surface area contributed by atoms with Gasteiger partial charge in [0.25, 0.3) is 29.5 Å². The van der Waals surface area contributed by atoms with Crippen LogP contribution in [-0.2, 0) is 0 Å². The highest BCUT2D eigenvalue weighted by Crippen LogP contribution is 2.34. The van der Waals surface area contributed by atoms with Gasteiger partial charge < -0.3 is 63.6 Å². The van der Waals surface area contributed by atoms with Crippen molar-refractivity contribution in [2.24, 2.45) is 0 Å². The predicted octanol–water partition coefficient (Wildman–Crippen LogP) is 18.2. The first-order valence-electron chi connectivity index (χ1n) is 37.6. The Labute approximate surface area is 689 Å². The summed E-state index contributed by atoms with van der Waals surface area (Å²) >= 11 is 5.96. The molecule has 0 aliphatic carbocycles. The molecule has 25 nitrogen and oxygen atoms in total. The van der Waals surface area contributed by atoms with Gasteiger partial charge in [0.05, 0.1) is 60.6 Å². The third kappa shape index (κ3) is 28.9. The Morgan fingerprint density at radius 1 is 0.356 bits per heavy atom. The third-order valence-electron chi connectivity index (χ3n) is 16.7. The lowest BCUT2D eigenvalue weighted by molar-refractivity contribution is -0.906. The molecule has 9 rings (SSSR count). The molecule has 0 bridgehead atoms. The fourth-order valence-electron chi connectivity index (χ4n) is 12.2. The standard InChI is InChI=1S/C17H19ClFN3O2.C17H21FN3O3.C17H20FN3O2.C14H20FNO2.C13H18FNO2.C8H7FO3/c1-10(2)22(11(3)4)17(23)13-7-12(19)5-6-14(13)24-15-8-20-9-21-16(15)18;1-11(2)21(12(3)4)17(22)15-7-13(18)5-6-16(15)24-14-8-19-10-20(23)9-14;1-11(2)21(12(3)4)17(22)15-7-13(18)5-6-16(15)23-14-8-19-10-20-9-14;1-9(2)16(10(3)4)14(17)12-8-11(15)6-7-13(12)18-5;1-8(2)15(9(3)4)13(17)11-7-10(14)5-6-12(11)16;1-12-7-3-2-5(9)4-6(7)8(10)11/h5-11H,1-4H3;5-12,23H,1-4H3;5-12H,1-4H3;6-10H,1-5H3;5-9,16H,1-4H3;2-4H,1H3,(H,10,11)/q;+1;;;;. The van der Waals surface area contributed by atoms with Gasteiger partial charge in [-0.1, -0.05) is 16.3 Å². The summed E-state index contributed by atoms with van der Waals surface area (Å²) in [4.78, 5) is 101. The highest BCUT2D eigenvalue weighted by molar-refractivity contribution is 6.30. The molecule has 3 aromatic heterocycles. The number of methoxy groups -OCH3 is 2. The Morgan fingerprint density at radius 3 is 0.949 bits per heavy atom. The number of carboxylic acids is 1. The van der Waals surface area contributed by atoms with Gasteiger partial charge >= 0.3 is 12.3 Å². The van der Waals surface area contributed by atoms with E-state index in [1.165, 1.54) is 137 Å². The van der Waals surface area contributed by atoms with E-state index in [1.54, 1.807) is 24.5 Å². The molecular weight excluding hydrogens is 1560 g/mol. The molecule has 0 spiro atoms. The zero-order valence-corrected chi connectivity index (χ0v) is 70.9. The van der Waals surface area contributed by atoms with Gasteiger partial charge in [-0.05, 0) is 253 Å². The number of phenolic OH excluding ortho intramolecular Hbond substituents is 1. The molecule has 0 saturated heterocycles. The molecular formula is C86H105ClF6N11O14+. The zero-order chi connectivity index (χ0) is 88.9. The molecule has 0 saturated carbocycles. The molecule has 0 fully saturated rings. The second-order valence-corrected chi connectivity index (χ2v) is 29.3. The number of benzene rings is 6. The number of hydrogen-bond acceptors (Lipinski definition) is 18. The maximum absolute atomic E-state index is 13.7. The minimum Gasteiger partial charge on any atom is -0.507 e. The first-order chi connectivity index (χ1) is 55.4. The summed E-state index contributed by atoms with van der Waals surface area (Å²) in [7, 11) is 2.80. The normalized spacial score (nSPS) is 10.8. The van der Waals surface area contributed by atoms with Gasteiger partial charge in [-0.3, -0.25) is 24.0 Å². The Bertz CT molecular complexity index is 4780. The van der Waals surface area contributed by atoms with Crippen molar-refractivity contribution in [3.8, 4) is 51.7 Å². The van der Waals surface area contributed by atoms with E-state index < -0.39 is 40.9 Å². The number of phenols is 1. The van der Waals surface area contributed by atoms with Crippen LogP contribution in [-0.4, -0.2) is 175 Å². The van der Waals surface area contributed by atoms with Gasteiger partial charge in [0.15, 0.2) is 29.0 Å². The van der Waals surface area contributed by atoms with Crippen LogP contribution in [0.2, 0.25) is 5.15 Å². The van der Waals surface area contributed by atoms with Crippen molar-refractivity contribution in [1.29, 1.82) is 0 Å². The SMILES string of the molecule is CC(C)N(C(=O)c1cc(F)ccc1O)C(C)C.CC(C)N(C(=O)c1cc(F)ccc1Oc1cnc[n+](O)c1)C(C)C.CC(C)N(C(=O)c1cc(F)ccc1Oc1cncnc1)C(C)C.CC(C)N(C(=O)c1cc(F)ccc1Oc1cncnc1Cl)C(C)C.COc1ccc(F)cc1C(=O)N(C(C)C)C(C)C.COc1ccc(F)cc1C(=O)O. The van der Waals surface area contributed by atoms with Crippen LogP contribution in [0.1, 0.15) is 201 Å².